The van der Waals surface area contributed by atoms with Crippen molar-refractivity contribution in [3.8, 4) is 0 Å². The van der Waals surface area contributed by atoms with E-state index in [1.54, 1.807) is 38.1 Å². The van der Waals surface area contributed by atoms with Gasteiger partial charge in [-0.25, -0.2) is 14.0 Å². The van der Waals surface area contributed by atoms with Crippen molar-refractivity contribution < 1.29 is 23.5 Å². The van der Waals surface area contributed by atoms with Crippen LogP contribution in [0.15, 0.2) is 97.1 Å². The lowest BCUT2D eigenvalue weighted by Crippen LogP contribution is -2.10. The second kappa shape index (κ2) is 15.2. The molecule has 3 rings (SSSR count). The molecule has 0 N–H and O–H groups in total. The quantitative estimate of drug-likeness (QED) is 0.135. The maximum Gasteiger partial charge on any atom is 0.330 e. The van der Waals surface area contributed by atoms with Gasteiger partial charge in [0.05, 0.1) is 13.2 Å². The van der Waals surface area contributed by atoms with Gasteiger partial charge in [-0.3, -0.25) is 0 Å². The van der Waals surface area contributed by atoms with E-state index in [9.17, 15) is 14.0 Å². The zero-order valence-corrected chi connectivity index (χ0v) is 21.9. The Morgan fingerprint density at radius 2 is 1.03 bits per heavy atom. The van der Waals surface area contributed by atoms with Crippen molar-refractivity contribution in [1.82, 2.24) is 0 Å². The molecule has 198 valence electrons. The van der Waals surface area contributed by atoms with Gasteiger partial charge >= 0.3 is 11.9 Å². The van der Waals surface area contributed by atoms with Crippen LogP contribution in [-0.2, 0) is 31.9 Å². The Hall–Kier alpha value is -4.19. The molecule has 5 nitrogen and oxygen atoms in total. The number of hydrogen-bond acceptors (Lipinski definition) is 5. The van der Waals surface area contributed by atoms with E-state index < -0.39 is 0 Å². The van der Waals surface area contributed by atoms with Crippen LogP contribution in [0.3, 0.4) is 0 Å². The highest BCUT2D eigenvalue weighted by molar-refractivity contribution is 5.82. The smallest absolute Gasteiger partial charge is 0.330 e. The predicted octanol–water partition coefficient (Wildman–Crippen LogP) is 7.40. The number of benzene rings is 3. The lowest BCUT2D eigenvalue weighted by molar-refractivity contribution is -0.138. The minimum atomic E-state index is -0.323. The van der Waals surface area contributed by atoms with E-state index in [0.717, 1.165) is 53.9 Å². The van der Waals surface area contributed by atoms with Crippen molar-refractivity contribution in [2.24, 2.45) is 0 Å². The molecule has 0 amide bonds. The number of esters is 2. The molecule has 6 heteroatoms. The molecule has 0 bridgehead atoms. The molecule has 0 aliphatic rings. The first-order valence-electron chi connectivity index (χ1n) is 12.8. The van der Waals surface area contributed by atoms with E-state index in [4.69, 9.17) is 9.47 Å². The van der Waals surface area contributed by atoms with Crippen LogP contribution in [0.25, 0.3) is 0 Å². The Kier molecular flexibility index (Phi) is 11.3. The highest BCUT2D eigenvalue weighted by atomic mass is 19.1. The summed E-state index contributed by atoms with van der Waals surface area (Å²) in [5, 5.41) is 0. The lowest BCUT2D eigenvalue weighted by Gasteiger charge is -2.26. The molecule has 0 atom stereocenters. The van der Waals surface area contributed by atoms with Crippen molar-refractivity contribution in [3.63, 3.8) is 0 Å². The largest absolute Gasteiger partial charge is 0.463 e. The number of hydrogen-bond donors (Lipinski definition) is 0. The molecule has 0 aromatic heterocycles. The average Bonchev–Trinajstić information content (AvgIpc) is 2.92. The topological polar surface area (TPSA) is 55.8 Å². The SMILES string of the molecule is CC=CC(=O)OCCCc1ccc(N(c2ccc(F)cc2)c2ccc(CCCOC(=O)C=CC)cc2)cc1. The number of halogens is 1. The van der Waals surface area contributed by atoms with Crippen LogP contribution < -0.4 is 4.90 Å². The molecule has 0 fully saturated rings. The summed E-state index contributed by atoms with van der Waals surface area (Å²) in [6.45, 7) is 4.30. The Morgan fingerprint density at radius 1 is 0.658 bits per heavy atom. The van der Waals surface area contributed by atoms with Gasteiger partial charge in [-0.15, -0.1) is 0 Å². The minimum absolute atomic E-state index is 0.287. The lowest BCUT2D eigenvalue weighted by atomic mass is 10.1. The molecule has 38 heavy (non-hydrogen) atoms. The van der Waals surface area contributed by atoms with Gasteiger partial charge < -0.3 is 14.4 Å². The van der Waals surface area contributed by atoms with Crippen LogP contribution in [0.4, 0.5) is 21.5 Å². The summed E-state index contributed by atoms with van der Waals surface area (Å²) in [7, 11) is 0. The zero-order chi connectivity index (χ0) is 27.2. The number of rotatable bonds is 13. The van der Waals surface area contributed by atoms with E-state index in [1.165, 1.54) is 24.3 Å². The van der Waals surface area contributed by atoms with E-state index in [0.29, 0.717) is 13.2 Å². The minimum Gasteiger partial charge on any atom is -0.463 e. The molecular weight excluding hydrogens is 481 g/mol. The van der Waals surface area contributed by atoms with Crippen molar-refractivity contribution in [1.29, 1.82) is 0 Å². The van der Waals surface area contributed by atoms with Gasteiger partial charge in [0.2, 0.25) is 0 Å². The molecule has 0 saturated carbocycles. The van der Waals surface area contributed by atoms with E-state index >= 15 is 0 Å². The number of carbonyl (C=O) groups is 2. The number of carbonyl (C=O) groups excluding carboxylic acids is 2. The summed E-state index contributed by atoms with van der Waals surface area (Å²) < 4.78 is 24.0. The maximum absolute atomic E-state index is 13.7. The Balaban J connectivity index is 1.68. The molecule has 0 saturated heterocycles. The molecule has 3 aromatic rings. The number of allylic oxidation sites excluding steroid dienone is 2. The summed E-state index contributed by atoms with van der Waals surface area (Å²) in [4.78, 5) is 25.0. The molecule has 0 radical (unpaired) electrons. The second-order valence-corrected chi connectivity index (χ2v) is 8.69. The fourth-order valence-electron chi connectivity index (χ4n) is 3.93. The highest BCUT2D eigenvalue weighted by Crippen LogP contribution is 2.35. The van der Waals surface area contributed by atoms with E-state index in [-0.39, 0.29) is 17.8 Å². The van der Waals surface area contributed by atoms with E-state index in [2.05, 4.69) is 29.2 Å². The number of aryl methyl sites for hydroxylation is 2. The third kappa shape index (κ3) is 9.04. The predicted molar refractivity (Wildman–Crippen MR) is 149 cm³/mol. The van der Waals surface area contributed by atoms with Gasteiger partial charge in [0, 0.05) is 29.2 Å². The Bertz CT molecular complexity index is 1140. The number of anilines is 3. The zero-order valence-electron chi connectivity index (χ0n) is 21.9. The standard InChI is InChI=1S/C32H34FNO4/c1-3-7-31(35)37-23-5-9-25-11-17-28(18-12-25)34(30-21-15-27(33)16-22-30)29-19-13-26(14-20-29)10-6-24-38-32(36)8-4-2/h3-4,7-8,11-22H,5-6,9-10,23-24H2,1-2H3. The van der Waals surface area contributed by atoms with Crippen LogP contribution in [0.1, 0.15) is 37.8 Å². The van der Waals surface area contributed by atoms with Gasteiger partial charge in [0.1, 0.15) is 5.82 Å². The Morgan fingerprint density at radius 3 is 1.39 bits per heavy atom. The normalized spacial score (nSPS) is 11.1. The van der Waals surface area contributed by atoms with Crippen LogP contribution >= 0.6 is 0 Å². The molecule has 0 unspecified atom stereocenters. The molecule has 0 aliphatic carbocycles. The summed E-state index contributed by atoms with van der Waals surface area (Å²) in [5.74, 6) is -0.932. The molecule has 3 aromatic carbocycles. The summed E-state index contributed by atoms with van der Waals surface area (Å²) in [6.07, 6.45) is 9.20. The monoisotopic (exact) mass is 515 g/mol. The summed E-state index contributed by atoms with van der Waals surface area (Å²) in [5.41, 5.74) is 5.02. The Labute approximate surface area is 224 Å². The fourth-order valence-corrected chi connectivity index (χ4v) is 3.93. The van der Waals surface area contributed by atoms with Gasteiger partial charge in [0.25, 0.3) is 0 Å². The van der Waals surface area contributed by atoms with Crippen molar-refractivity contribution >= 4 is 29.0 Å². The van der Waals surface area contributed by atoms with Crippen LogP contribution in [-0.4, -0.2) is 25.2 Å². The van der Waals surface area contributed by atoms with Crippen LogP contribution in [0.5, 0.6) is 0 Å². The molecule has 0 aliphatic heterocycles. The van der Waals surface area contributed by atoms with Crippen molar-refractivity contribution in [2.75, 3.05) is 18.1 Å². The first-order valence-corrected chi connectivity index (χ1v) is 12.8. The highest BCUT2D eigenvalue weighted by Gasteiger charge is 2.13. The van der Waals surface area contributed by atoms with Gasteiger partial charge in [0.15, 0.2) is 0 Å². The van der Waals surface area contributed by atoms with Crippen molar-refractivity contribution in [2.45, 2.75) is 39.5 Å². The third-order valence-electron chi connectivity index (χ3n) is 5.79. The molecule has 0 spiro atoms. The van der Waals surface area contributed by atoms with Gasteiger partial charge in [-0.05, 0) is 99.2 Å². The molecule has 0 heterocycles. The number of ether oxygens (including phenoxy) is 2. The van der Waals surface area contributed by atoms with Crippen LogP contribution in [0, 0.1) is 5.82 Å². The molecular formula is C32H34FNO4. The van der Waals surface area contributed by atoms with Gasteiger partial charge in [-0.1, -0.05) is 36.4 Å². The van der Waals surface area contributed by atoms with Crippen molar-refractivity contribution in [3.05, 3.63) is 114 Å². The number of nitrogens with zero attached hydrogens (tertiary/aromatic N) is 1. The summed E-state index contributed by atoms with van der Waals surface area (Å²) in [6, 6.07) is 22.8. The van der Waals surface area contributed by atoms with Crippen LogP contribution in [0.2, 0.25) is 0 Å². The van der Waals surface area contributed by atoms with E-state index in [1.807, 2.05) is 24.3 Å². The third-order valence-corrected chi connectivity index (χ3v) is 5.79. The summed E-state index contributed by atoms with van der Waals surface area (Å²) >= 11 is 0. The first-order chi connectivity index (χ1) is 18.5. The second-order valence-electron chi connectivity index (χ2n) is 8.69. The first kappa shape index (κ1) is 28.4. The average molecular weight is 516 g/mol. The maximum atomic E-state index is 13.7. The fraction of sp³-hybridized carbons (Fsp3) is 0.250. The van der Waals surface area contributed by atoms with Gasteiger partial charge in [-0.2, -0.15) is 0 Å².